The molecule has 1 aromatic carbocycles. The van der Waals surface area contributed by atoms with Crippen LogP contribution in [0.1, 0.15) is 51.5 Å². The van der Waals surface area contributed by atoms with Crippen LogP contribution in [0, 0.1) is 20.8 Å². The molecule has 0 aliphatic rings. The molecule has 7 heteroatoms. The number of nitrogens with zero attached hydrogens (tertiary/aromatic N) is 2. The predicted molar refractivity (Wildman–Crippen MR) is 108 cm³/mol. The van der Waals surface area contributed by atoms with Gasteiger partial charge in [-0.1, -0.05) is 17.4 Å². The van der Waals surface area contributed by atoms with Gasteiger partial charge in [0.25, 0.3) is 5.91 Å². The highest BCUT2D eigenvalue weighted by Gasteiger charge is 2.27. The molecule has 0 bridgehead atoms. The van der Waals surface area contributed by atoms with Gasteiger partial charge in [0.15, 0.2) is 5.13 Å². The fourth-order valence-electron chi connectivity index (χ4n) is 3.33. The number of aromatic nitrogens is 2. The van der Waals surface area contributed by atoms with Crippen molar-refractivity contribution in [1.82, 2.24) is 9.55 Å². The van der Waals surface area contributed by atoms with Crippen LogP contribution in [-0.2, 0) is 11.3 Å². The molecule has 2 heterocycles. The summed E-state index contributed by atoms with van der Waals surface area (Å²) in [5.74, 6) is -0.673. The van der Waals surface area contributed by atoms with E-state index in [1.54, 1.807) is 13.8 Å². The molecule has 0 aliphatic carbocycles. The van der Waals surface area contributed by atoms with Crippen molar-refractivity contribution in [1.29, 1.82) is 0 Å². The van der Waals surface area contributed by atoms with Crippen LogP contribution in [0.15, 0.2) is 18.2 Å². The van der Waals surface area contributed by atoms with Crippen molar-refractivity contribution in [3.63, 3.8) is 0 Å². The van der Waals surface area contributed by atoms with E-state index in [1.165, 1.54) is 11.3 Å². The molecular formula is C20H23N3O3S. The lowest BCUT2D eigenvalue weighted by Crippen LogP contribution is -2.14. The van der Waals surface area contributed by atoms with E-state index in [-0.39, 0.29) is 5.91 Å². The molecule has 0 radical (unpaired) electrons. The number of fused-ring (bicyclic) bond motifs is 1. The van der Waals surface area contributed by atoms with E-state index in [1.807, 2.05) is 43.5 Å². The van der Waals surface area contributed by atoms with Gasteiger partial charge in [-0.05, 0) is 57.9 Å². The molecule has 0 unspecified atom stereocenters. The van der Waals surface area contributed by atoms with E-state index in [0.717, 1.165) is 21.5 Å². The minimum Gasteiger partial charge on any atom is -0.461 e. The first-order chi connectivity index (χ1) is 12.9. The summed E-state index contributed by atoms with van der Waals surface area (Å²) < 4.78 is 8.02. The number of esters is 1. The quantitative estimate of drug-likeness (QED) is 0.658. The van der Waals surface area contributed by atoms with Crippen molar-refractivity contribution in [2.75, 3.05) is 11.9 Å². The van der Waals surface area contributed by atoms with Crippen LogP contribution in [0.2, 0.25) is 0 Å². The molecule has 1 N–H and O–H groups in total. The zero-order valence-electron chi connectivity index (χ0n) is 16.2. The van der Waals surface area contributed by atoms with E-state index in [9.17, 15) is 9.59 Å². The number of anilines is 1. The molecule has 0 spiro atoms. The van der Waals surface area contributed by atoms with Crippen molar-refractivity contribution in [2.45, 2.75) is 41.2 Å². The largest absolute Gasteiger partial charge is 0.461 e. The normalized spacial score (nSPS) is 11.0. The summed E-state index contributed by atoms with van der Waals surface area (Å²) in [6.07, 6.45) is 0. The van der Waals surface area contributed by atoms with Crippen LogP contribution in [-0.4, -0.2) is 28.0 Å². The molecule has 27 heavy (non-hydrogen) atoms. The minimum atomic E-state index is -0.408. The number of thiazole rings is 1. The number of hydrogen-bond acceptors (Lipinski definition) is 5. The maximum Gasteiger partial charge on any atom is 0.355 e. The highest BCUT2D eigenvalue weighted by molar-refractivity contribution is 7.22. The lowest BCUT2D eigenvalue weighted by Gasteiger charge is -2.08. The van der Waals surface area contributed by atoms with Gasteiger partial charge in [0, 0.05) is 12.2 Å². The van der Waals surface area contributed by atoms with Gasteiger partial charge in [-0.2, -0.15) is 0 Å². The van der Waals surface area contributed by atoms with E-state index in [4.69, 9.17) is 4.74 Å². The topological polar surface area (TPSA) is 73.2 Å². The highest BCUT2D eigenvalue weighted by Crippen LogP contribution is 2.29. The van der Waals surface area contributed by atoms with Crippen molar-refractivity contribution in [2.24, 2.45) is 0 Å². The van der Waals surface area contributed by atoms with Gasteiger partial charge in [0.05, 0.1) is 22.4 Å². The first-order valence-corrected chi connectivity index (χ1v) is 9.74. The summed E-state index contributed by atoms with van der Waals surface area (Å²) in [4.78, 5) is 29.8. The minimum absolute atomic E-state index is 0.265. The summed E-state index contributed by atoms with van der Waals surface area (Å²) >= 11 is 1.44. The average molecular weight is 385 g/mol. The lowest BCUT2D eigenvalue weighted by atomic mass is 10.1. The lowest BCUT2D eigenvalue weighted by molar-refractivity contribution is 0.0512. The van der Waals surface area contributed by atoms with Crippen LogP contribution in [0.25, 0.3) is 10.2 Å². The average Bonchev–Trinajstić information content (AvgIpc) is 3.11. The molecule has 0 saturated heterocycles. The maximum absolute atomic E-state index is 13.0. The Morgan fingerprint density at radius 3 is 2.63 bits per heavy atom. The molecule has 0 atom stereocenters. The van der Waals surface area contributed by atoms with Gasteiger partial charge in [0.2, 0.25) is 0 Å². The number of nitrogens with one attached hydrogen (secondary N) is 1. The van der Waals surface area contributed by atoms with Crippen molar-refractivity contribution in [3.05, 3.63) is 46.3 Å². The van der Waals surface area contributed by atoms with Crippen molar-refractivity contribution < 1.29 is 14.3 Å². The Bertz CT molecular complexity index is 1030. The van der Waals surface area contributed by atoms with Crippen LogP contribution in [0.3, 0.4) is 0 Å². The summed E-state index contributed by atoms with van der Waals surface area (Å²) in [5.41, 5.74) is 4.30. The van der Waals surface area contributed by atoms with Crippen LogP contribution in [0.5, 0.6) is 0 Å². The Morgan fingerprint density at radius 1 is 1.22 bits per heavy atom. The standard InChI is InChI=1S/C20H23N3O3S/c1-6-23-13(5)16(12(4)17(23)19(25)26-7-2)18(24)22-20-21-14-9-8-11(3)10-15(14)27-20/h8-10H,6-7H2,1-5H3,(H,21,22,24). The first kappa shape index (κ1) is 19.1. The molecule has 0 saturated carbocycles. The highest BCUT2D eigenvalue weighted by atomic mass is 32.1. The summed E-state index contributed by atoms with van der Waals surface area (Å²) in [6, 6.07) is 5.99. The van der Waals surface area contributed by atoms with E-state index in [0.29, 0.717) is 35.1 Å². The zero-order valence-corrected chi connectivity index (χ0v) is 17.0. The fraction of sp³-hybridized carbons (Fsp3) is 0.350. The molecule has 3 aromatic rings. The molecular weight excluding hydrogens is 362 g/mol. The molecule has 6 nitrogen and oxygen atoms in total. The predicted octanol–water partition coefficient (Wildman–Crippen LogP) is 4.47. The van der Waals surface area contributed by atoms with Gasteiger partial charge >= 0.3 is 5.97 Å². The molecule has 0 aliphatic heterocycles. The SMILES string of the molecule is CCOC(=O)c1c(C)c(C(=O)Nc2nc3ccc(C)cc3s2)c(C)n1CC. The summed E-state index contributed by atoms with van der Waals surface area (Å²) in [7, 11) is 0. The third-order valence-electron chi connectivity index (χ3n) is 4.54. The number of hydrogen-bond donors (Lipinski definition) is 1. The van der Waals surface area contributed by atoms with E-state index in [2.05, 4.69) is 10.3 Å². The molecule has 3 rings (SSSR count). The Labute approximate surface area is 162 Å². The van der Waals surface area contributed by atoms with Crippen LogP contribution >= 0.6 is 11.3 Å². The number of amides is 1. The third-order valence-corrected chi connectivity index (χ3v) is 5.48. The van der Waals surface area contributed by atoms with E-state index >= 15 is 0 Å². The monoisotopic (exact) mass is 385 g/mol. The van der Waals surface area contributed by atoms with Gasteiger partial charge in [-0.3, -0.25) is 10.1 Å². The van der Waals surface area contributed by atoms with Gasteiger partial charge < -0.3 is 9.30 Å². The number of benzene rings is 1. The number of carbonyl (C=O) groups is 2. The Hall–Kier alpha value is -2.67. The Morgan fingerprint density at radius 2 is 1.96 bits per heavy atom. The second-order valence-electron chi connectivity index (χ2n) is 6.34. The summed E-state index contributed by atoms with van der Waals surface area (Å²) in [6.45, 7) is 10.2. The third kappa shape index (κ3) is 3.47. The number of ether oxygens (including phenoxy) is 1. The molecule has 0 fully saturated rings. The van der Waals surface area contributed by atoms with Crippen LogP contribution < -0.4 is 5.32 Å². The molecule has 142 valence electrons. The summed E-state index contributed by atoms with van der Waals surface area (Å²) in [5, 5.41) is 3.43. The van der Waals surface area contributed by atoms with Gasteiger partial charge in [0.1, 0.15) is 5.69 Å². The second kappa shape index (κ2) is 7.52. The Kier molecular flexibility index (Phi) is 5.32. The zero-order chi connectivity index (χ0) is 19.7. The Balaban J connectivity index is 1.97. The number of carbonyl (C=O) groups excluding carboxylic acids is 2. The number of aryl methyl sites for hydroxylation is 1. The maximum atomic E-state index is 13.0. The molecule has 1 amide bonds. The smallest absolute Gasteiger partial charge is 0.355 e. The second-order valence-corrected chi connectivity index (χ2v) is 7.37. The first-order valence-electron chi connectivity index (χ1n) is 8.92. The van der Waals surface area contributed by atoms with Gasteiger partial charge in [-0.15, -0.1) is 0 Å². The van der Waals surface area contributed by atoms with Gasteiger partial charge in [-0.25, -0.2) is 9.78 Å². The van der Waals surface area contributed by atoms with Crippen molar-refractivity contribution in [3.8, 4) is 0 Å². The van der Waals surface area contributed by atoms with Crippen molar-refractivity contribution >= 4 is 38.6 Å². The molecule has 2 aromatic heterocycles. The fourth-order valence-corrected chi connectivity index (χ4v) is 4.29. The number of rotatable bonds is 5. The van der Waals surface area contributed by atoms with Crippen LogP contribution in [0.4, 0.5) is 5.13 Å². The van der Waals surface area contributed by atoms with E-state index < -0.39 is 5.97 Å².